The maximum absolute atomic E-state index is 2.76. The summed E-state index contributed by atoms with van der Waals surface area (Å²) >= 11 is 0. The summed E-state index contributed by atoms with van der Waals surface area (Å²) in [5.74, 6) is 4.35. The van der Waals surface area contributed by atoms with E-state index in [9.17, 15) is 0 Å². The van der Waals surface area contributed by atoms with Crippen molar-refractivity contribution in [2.24, 2.45) is 51.8 Å². The van der Waals surface area contributed by atoms with Gasteiger partial charge in [-0.05, 0) is 139 Å². The Kier molecular flexibility index (Phi) is 6.58. The molecule has 0 aliphatic heterocycles. The van der Waals surface area contributed by atoms with E-state index in [1.165, 1.54) is 57.4 Å². The second-order valence-corrected chi connectivity index (χ2v) is 22.0. The van der Waals surface area contributed by atoms with Crippen LogP contribution in [0.25, 0.3) is 16.7 Å². The van der Waals surface area contributed by atoms with Crippen LogP contribution in [0.3, 0.4) is 0 Å². The molecule has 1 spiro atoms. The quantitative estimate of drug-likeness (QED) is 0.270. The Bertz CT molecular complexity index is 2520. The molecule has 0 nitrogen and oxygen atoms in total. The van der Waals surface area contributed by atoms with Crippen LogP contribution >= 0.6 is 0 Å². The summed E-state index contributed by atoms with van der Waals surface area (Å²) in [6, 6.07) is 15.2. The fourth-order valence-corrected chi connectivity index (χ4v) is 13.9. The summed E-state index contributed by atoms with van der Waals surface area (Å²) in [5, 5.41) is 0. The van der Waals surface area contributed by atoms with E-state index in [-0.39, 0.29) is 16.2 Å². The Labute approximate surface area is 336 Å². The van der Waals surface area contributed by atoms with Crippen molar-refractivity contribution in [2.75, 3.05) is 0 Å². The van der Waals surface area contributed by atoms with Crippen molar-refractivity contribution in [1.82, 2.24) is 0 Å². The van der Waals surface area contributed by atoms with E-state index in [1.807, 2.05) is 0 Å². The van der Waals surface area contributed by atoms with Gasteiger partial charge in [-0.15, -0.1) is 0 Å². The highest BCUT2D eigenvalue weighted by atomic mass is 14.8. The Hall–Kier alpha value is -4.16. The lowest BCUT2D eigenvalue weighted by Gasteiger charge is -2.44. The number of benzene rings is 2. The molecule has 0 heterocycles. The van der Waals surface area contributed by atoms with Crippen LogP contribution in [0, 0.1) is 51.8 Å². The minimum absolute atomic E-state index is 0.0465. The van der Waals surface area contributed by atoms with Crippen LogP contribution in [0.5, 0.6) is 0 Å². The molecule has 1 fully saturated rings. The predicted octanol–water partition coefficient (Wildman–Crippen LogP) is 14.3. The largest absolute Gasteiger partial charge is 0.0835 e. The van der Waals surface area contributed by atoms with Crippen LogP contribution < -0.4 is 0 Å². The molecule has 0 aromatic heterocycles. The number of hydrogen-bond donors (Lipinski definition) is 0. The summed E-state index contributed by atoms with van der Waals surface area (Å²) < 4.78 is 0. The second kappa shape index (κ2) is 10.9. The topological polar surface area (TPSA) is 0 Å². The Morgan fingerprint density at radius 3 is 2.30 bits per heavy atom. The van der Waals surface area contributed by atoms with Crippen molar-refractivity contribution < 1.29 is 0 Å². The Morgan fingerprint density at radius 2 is 1.50 bits per heavy atom. The highest BCUT2D eigenvalue weighted by molar-refractivity contribution is 5.85. The average molecular weight is 731 g/mol. The van der Waals surface area contributed by atoms with Crippen molar-refractivity contribution in [2.45, 2.75) is 98.8 Å². The van der Waals surface area contributed by atoms with Crippen molar-refractivity contribution in [1.29, 1.82) is 0 Å². The van der Waals surface area contributed by atoms with Crippen LogP contribution in [-0.4, -0.2) is 0 Å². The van der Waals surface area contributed by atoms with Gasteiger partial charge in [0.15, 0.2) is 0 Å². The van der Waals surface area contributed by atoms with E-state index in [1.54, 1.807) is 39.0 Å². The zero-order valence-electron chi connectivity index (χ0n) is 34.9. The van der Waals surface area contributed by atoms with E-state index in [0.29, 0.717) is 35.0 Å². The van der Waals surface area contributed by atoms with Crippen molar-refractivity contribution in [3.05, 3.63) is 170 Å². The molecule has 0 bridgehead atoms. The molecule has 12 rings (SSSR count). The first-order chi connectivity index (χ1) is 26.7. The van der Waals surface area contributed by atoms with Crippen LogP contribution in [0.15, 0.2) is 148 Å². The van der Waals surface area contributed by atoms with Gasteiger partial charge in [-0.2, -0.15) is 0 Å². The summed E-state index contributed by atoms with van der Waals surface area (Å²) in [6.45, 7) is 19.4. The molecule has 0 radical (unpaired) electrons. The van der Waals surface area contributed by atoms with Crippen LogP contribution in [0.1, 0.15) is 116 Å². The van der Waals surface area contributed by atoms with Gasteiger partial charge in [-0.3, -0.25) is 0 Å². The van der Waals surface area contributed by atoms with E-state index in [0.717, 1.165) is 31.1 Å². The maximum atomic E-state index is 2.76. The summed E-state index contributed by atoms with van der Waals surface area (Å²) in [6.07, 6.45) is 34.0. The molecule has 10 aliphatic carbocycles. The number of allylic oxidation sites excluding steroid dienone is 20. The van der Waals surface area contributed by atoms with Gasteiger partial charge in [-0.25, -0.2) is 0 Å². The first-order valence-electron chi connectivity index (χ1n) is 22.1. The lowest BCUT2D eigenvalue weighted by atomic mass is 9.60. The van der Waals surface area contributed by atoms with E-state index in [2.05, 4.69) is 159 Å². The van der Waals surface area contributed by atoms with Crippen molar-refractivity contribution in [3.8, 4) is 11.1 Å². The number of hydrogen-bond acceptors (Lipinski definition) is 0. The fourth-order valence-electron chi connectivity index (χ4n) is 13.9. The molecular formula is C56H58. The van der Waals surface area contributed by atoms with Crippen LogP contribution in [0.2, 0.25) is 0 Å². The van der Waals surface area contributed by atoms with Gasteiger partial charge >= 0.3 is 0 Å². The van der Waals surface area contributed by atoms with Gasteiger partial charge in [0.05, 0.1) is 0 Å². The molecule has 0 amide bonds. The summed E-state index contributed by atoms with van der Waals surface area (Å²) in [7, 11) is 0. The van der Waals surface area contributed by atoms with E-state index >= 15 is 0 Å². The monoisotopic (exact) mass is 730 g/mol. The van der Waals surface area contributed by atoms with Gasteiger partial charge in [0.25, 0.3) is 0 Å². The van der Waals surface area contributed by atoms with Crippen LogP contribution in [0.4, 0.5) is 0 Å². The van der Waals surface area contributed by atoms with Gasteiger partial charge in [-0.1, -0.05) is 164 Å². The molecule has 2 aromatic rings. The third-order valence-electron chi connectivity index (χ3n) is 16.9. The first kappa shape index (κ1) is 33.9. The normalized spacial score (nSPS) is 34.6. The zero-order chi connectivity index (χ0) is 38.3. The molecule has 282 valence electrons. The predicted molar refractivity (Wildman–Crippen MR) is 234 cm³/mol. The zero-order valence-corrected chi connectivity index (χ0v) is 34.9. The van der Waals surface area contributed by atoms with Crippen molar-refractivity contribution in [3.63, 3.8) is 0 Å². The first-order valence-corrected chi connectivity index (χ1v) is 22.1. The third-order valence-corrected chi connectivity index (χ3v) is 16.9. The molecule has 8 unspecified atom stereocenters. The van der Waals surface area contributed by atoms with Crippen LogP contribution in [-0.2, 0) is 5.41 Å². The SMILES string of the molecule is CC(C)(C)C1=CC2=CC=C3CCC(c4ccc5c(c4)C(C)(C)c4cc(C6CC=C7C=CC8=CC(C(C)(C)C)CC9CC=C6C76C8C96)ccc4-5)=C4C=CC(=C1)C2C34. The highest BCUT2D eigenvalue weighted by Crippen LogP contribution is 2.81. The molecule has 0 N–H and O–H groups in total. The molecule has 10 aliphatic rings. The molecule has 0 saturated heterocycles. The summed E-state index contributed by atoms with van der Waals surface area (Å²) in [4.78, 5) is 0. The van der Waals surface area contributed by atoms with Gasteiger partial charge < -0.3 is 0 Å². The van der Waals surface area contributed by atoms with Gasteiger partial charge in [0, 0.05) is 34.5 Å². The standard InChI is InChI=1S/C56H58/c1-53(2,3)39-25-34-10-9-31-12-19-41(45-22-15-35(26-39)49(34)50(31)45)32-13-20-43-44-21-14-33(30-48(44)55(7,8)47(43)29-32)42-23-18-38-17-11-36-27-40(54(4,5)6)28-37-16-24-46(42)56(38)51(36)52(37)56/h9-11,13-15,17-18,20-22,24-27,29-30,37,40,42,49-52H,12,16,19,23,28H2,1-8H3. The van der Waals surface area contributed by atoms with Crippen molar-refractivity contribution >= 4 is 5.57 Å². The molecule has 0 heteroatoms. The van der Waals surface area contributed by atoms with Gasteiger partial charge in [0.1, 0.15) is 0 Å². The van der Waals surface area contributed by atoms with Gasteiger partial charge in [0.2, 0.25) is 0 Å². The second-order valence-electron chi connectivity index (χ2n) is 22.0. The molecule has 8 atom stereocenters. The Morgan fingerprint density at radius 1 is 0.714 bits per heavy atom. The lowest BCUT2D eigenvalue weighted by molar-refractivity contribution is 0.220. The fraction of sp³-hybridized carbons (Fsp3) is 0.429. The van der Waals surface area contributed by atoms with E-state index in [4.69, 9.17) is 0 Å². The molecule has 2 aromatic carbocycles. The smallest absolute Gasteiger partial charge is 0.0273 e. The molecule has 56 heavy (non-hydrogen) atoms. The highest BCUT2D eigenvalue weighted by Gasteiger charge is 2.74. The number of fused-ring (bicyclic) bond motifs is 3. The summed E-state index contributed by atoms with van der Waals surface area (Å²) in [5.41, 5.74) is 23.8. The maximum Gasteiger partial charge on any atom is 0.0273 e. The minimum Gasteiger partial charge on any atom is -0.0835 e. The molecule has 1 saturated carbocycles. The third kappa shape index (κ3) is 4.32. The molecular weight excluding hydrogens is 673 g/mol. The lowest BCUT2D eigenvalue weighted by Crippen LogP contribution is -2.31. The Balaban J connectivity index is 0.894. The number of rotatable bonds is 2. The van der Waals surface area contributed by atoms with E-state index < -0.39 is 0 Å². The average Bonchev–Trinajstić information content (AvgIpc) is 3.88. The minimum atomic E-state index is -0.0465.